The fourth-order valence-corrected chi connectivity index (χ4v) is 3.02. The van der Waals surface area contributed by atoms with Crippen LogP contribution in [0.5, 0.6) is 0 Å². The molecule has 0 spiro atoms. The Morgan fingerprint density at radius 1 is 1.09 bits per heavy atom. The minimum Gasteiger partial charge on any atom is -0.344 e. The molecule has 0 radical (unpaired) electrons. The number of carbonyl (C=O) groups is 3. The summed E-state index contributed by atoms with van der Waals surface area (Å²) in [5.41, 5.74) is 0.970. The van der Waals surface area contributed by atoms with Crippen molar-refractivity contribution in [3.05, 3.63) is 29.8 Å². The molecule has 5 nitrogen and oxygen atoms in total. The molecule has 1 aliphatic carbocycles. The van der Waals surface area contributed by atoms with Crippen molar-refractivity contribution in [3.8, 4) is 0 Å². The van der Waals surface area contributed by atoms with E-state index in [4.69, 9.17) is 0 Å². The van der Waals surface area contributed by atoms with Crippen LogP contribution in [0.25, 0.3) is 0 Å². The largest absolute Gasteiger partial charge is 0.344 e. The molecule has 1 saturated carbocycles. The molecule has 1 atom stereocenters. The van der Waals surface area contributed by atoms with Crippen LogP contribution in [-0.2, 0) is 9.59 Å². The van der Waals surface area contributed by atoms with E-state index in [0.717, 1.165) is 25.7 Å². The highest BCUT2D eigenvalue weighted by atomic mass is 16.2. The maximum Gasteiger partial charge on any atom is 0.247 e. The zero-order valence-corrected chi connectivity index (χ0v) is 13.0. The van der Waals surface area contributed by atoms with E-state index in [-0.39, 0.29) is 23.5 Å². The second-order valence-electron chi connectivity index (χ2n) is 5.81. The first-order valence-corrected chi connectivity index (χ1v) is 7.67. The van der Waals surface area contributed by atoms with Gasteiger partial charge in [0.15, 0.2) is 5.78 Å². The molecule has 118 valence electrons. The predicted octanol–water partition coefficient (Wildman–Crippen LogP) is 2.52. The normalized spacial score (nSPS) is 16.1. The van der Waals surface area contributed by atoms with E-state index in [1.165, 1.54) is 13.8 Å². The fourth-order valence-electron chi connectivity index (χ4n) is 3.02. The summed E-state index contributed by atoms with van der Waals surface area (Å²) in [5, 5.41) is 5.55. The molecule has 0 heterocycles. The summed E-state index contributed by atoms with van der Waals surface area (Å²) in [6, 6.07) is 6.37. The number of anilines is 1. The Morgan fingerprint density at radius 2 is 1.73 bits per heavy atom. The lowest BCUT2D eigenvalue weighted by molar-refractivity contribution is -0.126. The van der Waals surface area contributed by atoms with Gasteiger partial charge in [0, 0.05) is 12.5 Å². The Morgan fingerprint density at radius 3 is 2.32 bits per heavy atom. The van der Waals surface area contributed by atoms with E-state index in [1.54, 1.807) is 24.3 Å². The Kier molecular flexibility index (Phi) is 5.31. The van der Waals surface area contributed by atoms with Gasteiger partial charge in [-0.1, -0.05) is 25.0 Å². The summed E-state index contributed by atoms with van der Waals surface area (Å²) in [6.07, 6.45) is 4.04. The van der Waals surface area contributed by atoms with Crippen molar-refractivity contribution >= 4 is 23.3 Å². The van der Waals surface area contributed by atoms with Crippen molar-refractivity contribution < 1.29 is 14.4 Å². The number of nitrogens with one attached hydrogen (secondary N) is 2. The lowest BCUT2D eigenvalue weighted by atomic mass is 9.97. The summed E-state index contributed by atoms with van der Waals surface area (Å²) < 4.78 is 0. The second kappa shape index (κ2) is 7.20. The summed E-state index contributed by atoms with van der Waals surface area (Å²) in [7, 11) is 0. The number of para-hydroxylation sites is 1. The Hall–Kier alpha value is -2.17. The quantitative estimate of drug-likeness (QED) is 0.821. The van der Waals surface area contributed by atoms with Crippen molar-refractivity contribution in [2.75, 3.05) is 5.32 Å². The monoisotopic (exact) mass is 302 g/mol. The third-order valence-corrected chi connectivity index (χ3v) is 4.08. The molecule has 1 aromatic rings. The Bertz CT molecular complexity index is 577. The average molecular weight is 302 g/mol. The van der Waals surface area contributed by atoms with E-state index in [2.05, 4.69) is 10.6 Å². The first kappa shape index (κ1) is 16.2. The van der Waals surface area contributed by atoms with Gasteiger partial charge in [0.05, 0.1) is 5.69 Å². The lowest BCUT2D eigenvalue weighted by Crippen LogP contribution is -2.47. The summed E-state index contributed by atoms with van der Waals surface area (Å²) >= 11 is 0. The van der Waals surface area contributed by atoms with Gasteiger partial charge in [-0.05, 0) is 37.8 Å². The molecule has 0 saturated heterocycles. The number of hydrogen-bond acceptors (Lipinski definition) is 3. The van der Waals surface area contributed by atoms with Gasteiger partial charge in [-0.15, -0.1) is 0 Å². The zero-order chi connectivity index (χ0) is 16.1. The number of ketones is 1. The Labute approximate surface area is 130 Å². The fraction of sp³-hybridized carbons (Fsp3) is 0.471. The molecule has 0 aromatic heterocycles. The minimum absolute atomic E-state index is 0.104. The number of amides is 2. The molecule has 1 aliphatic rings. The summed E-state index contributed by atoms with van der Waals surface area (Å²) in [4.78, 5) is 35.6. The standard InChI is InChI=1S/C17H22N2O3/c1-11(20)14-9-5-6-10-15(14)19-17(22)16(18-12(2)21)13-7-3-4-8-13/h5-6,9-10,13,16H,3-4,7-8H2,1-2H3,(H,18,21)(H,19,22). The zero-order valence-electron chi connectivity index (χ0n) is 13.0. The van der Waals surface area contributed by atoms with Gasteiger partial charge in [-0.2, -0.15) is 0 Å². The molecule has 1 aromatic carbocycles. The van der Waals surface area contributed by atoms with Crippen LogP contribution in [0.4, 0.5) is 5.69 Å². The van der Waals surface area contributed by atoms with Gasteiger partial charge in [0.2, 0.25) is 11.8 Å². The maximum absolute atomic E-state index is 12.6. The van der Waals surface area contributed by atoms with Crippen LogP contribution in [0, 0.1) is 5.92 Å². The molecule has 0 aliphatic heterocycles. The predicted molar refractivity (Wildman–Crippen MR) is 84.6 cm³/mol. The van der Waals surface area contributed by atoms with E-state index < -0.39 is 6.04 Å². The van der Waals surface area contributed by atoms with Gasteiger partial charge in [0.25, 0.3) is 0 Å². The van der Waals surface area contributed by atoms with Crippen molar-refractivity contribution in [1.82, 2.24) is 5.32 Å². The van der Waals surface area contributed by atoms with Crippen LogP contribution in [0.1, 0.15) is 49.9 Å². The molecule has 2 N–H and O–H groups in total. The van der Waals surface area contributed by atoms with Crippen LogP contribution in [-0.4, -0.2) is 23.6 Å². The van der Waals surface area contributed by atoms with Crippen molar-refractivity contribution in [2.45, 2.75) is 45.6 Å². The maximum atomic E-state index is 12.6. The number of benzene rings is 1. The van der Waals surface area contributed by atoms with Gasteiger partial charge >= 0.3 is 0 Å². The van der Waals surface area contributed by atoms with E-state index in [0.29, 0.717) is 11.3 Å². The first-order chi connectivity index (χ1) is 10.5. The highest BCUT2D eigenvalue weighted by molar-refractivity contribution is 6.05. The number of Topliss-reactive ketones (excluding diaryl/α,β-unsaturated/α-hetero) is 1. The minimum atomic E-state index is -0.542. The van der Waals surface area contributed by atoms with Crippen LogP contribution < -0.4 is 10.6 Å². The molecular formula is C17H22N2O3. The first-order valence-electron chi connectivity index (χ1n) is 7.67. The molecule has 1 fully saturated rings. The topological polar surface area (TPSA) is 75.3 Å². The van der Waals surface area contributed by atoms with Crippen molar-refractivity contribution in [3.63, 3.8) is 0 Å². The molecule has 2 rings (SSSR count). The number of rotatable bonds is 5. The van der Waals surface area contributed by atoms with E-state index in [9.17, 15) is 14.4 Å². The highest BCUT2D eigenvalue weighted by Crippen LogP contribution is 2.28. The summed E-state index contributed by atoms with van der Waals surface area (Å²) in [6.45, 7) is 2.88. The third-order valence-electron chi connectivity index (χ3n) is 4.08. The van der Waals surface area contributed by atoms with Crippen LogP contribution >= 0.6 is 0 Å². The Balaban J connectivity index is 2.17. The molecule has 1 unspecified atom stereocenters. The molecule has 22 heavy (non-hydrogen) atoms. The summed E-state index contributed by atoms with van der Waals surface area (Å²) in [5.74, 6) is -0.413. The average Bonchev–Trinajstić information content (AvgIpc) is 2.98. The molecular weight excluding hydrogens is 280 g/mol. The molecule has 2 amide bonds. The van der Waals surface area contributed by atoms with Crippen LogP contribution in [0.3, 0.4) is 0 Å². The lowest BCUT2D eigenvalue weighted by Gasteiger charge is -2.23. The SMILES string of the molecule is CC(=O)NC(C(=O)Nc1ccccc1C(C)=O)C1CCCC1. The number of hydrogen-bond donors (Lipinski definition) is 2. The highest BCUT2D eigenvalue weighted by Gasteiger charge is 2.31. The number of carbonyl (C=O) groups excluding carboxylic acids is 3. The van der Waals surface area contributed by atoms with E-state index >= 15 is 0 Å². The molecule has 5 heteroatoms. The van der Waals surface area contributed by atoms with Crippen molar-refractivity contribution in [2.24, 2.45) is 5.92 Å². The van der Waals surface area contributed by atoms with Crippen LogP contribution in [0.15, 0.2) is 24.3 Å². The van der Waals surface area contributed by atoms with Gasteiger partial charge in [-0.25, -0.2) is 0 Å². The molecule has 0 bridgehead atoms. The van der Waals surface area contributed by atoms with E-state index in [1.807, 2.05) is 0 Å². The third kappa shape index (κ3) is 3.93. The van der Waals surface area contributed by atoms with Crippen LogP contribution in [0.2, 0.25) is 0 Å². The second-order valence-corrected chi connectivity index (χ2v) is 5.81. The van der Waals surface area contributed by atoms with Gasteiger partial charge in [0.1, 0.15) is 6.04 Å². The van der Waals surface area contributed by atoms with Gasteiger partial charge in [-0.3, -0.25) is 14.4 Å². The van der Waals surface area contributed by atoms with Crippen molar-refractivity contribution in [1.29, 1.82) is 0 Å². The smallest absolute Gasteiger partial charge is 0.247 e. The van der Waals surface area contributed by atoms with Gasteiger partial charge < -0.3 is 10.6 Å².